The molecule has 2 aliphatic rings. The van der Waals surface area contributed by atoms with Gasteiger partial charge in [0.15, 0.2) is 0 Å². The zero-order valence-electron chi connectivity index (χ0n) is 14.8. The zero-order valence-corrected chi connectivity index (χ0v) is 15.6. The fourth-order valence-electron chi connectivity index (χ4n) is 3.60. The Bertz CT molecular complexity index is 953. The van der Waals surface area contributed by atoms with Gasteiger partial charge < -0.3 is 16.0 Å². The number of amides is 1. The van der Waals surface area contributed by atoms with Crippen LogP contribution in [0, 0.1) is 0 Å². The van der Waals surface area contributed by atoms with Gasteiger partial charge in [-0.25, -0.2) is 14.6 Å². The quantitative estimate of drug-likeness (QED) is 0.635. The van der Waals surface area contributed by atoms with Crippen molar-refractivity contribution in [3.05, 3.63) is 39.5 Å². The third-order valence-electron chi connectivity index (χ3n) is 4.94. The maximum Gasteiger partial charge on any atom is 0.293 e. The zero-order chi connectivity index (χ0) is 19.0. The molecule has 0 atom stereocenters. The van der Waals surface area contributed by atoms with Gasteiger partial charge in [-0.3, -0.25) is 15.0 Å². The average Bonchev–Trinajstić information content (AvgIpc) is 2.66. The summed E-state index contributed by atoms with van der Waals surface area (Å²) in [6.45, 7) is 0. The van der Waals surface area contributed by atoms with E-state index in [1.165, 1.54) is 17.1 Å². The molecule has 1 aliphatic heterocycles. The van der Waals surface area contributed by atoms with E-state index in [1.54, 1.807) is 13.1 Å². The number of hydrogen-bond acceptors (Lipinski definition) is 7. The van der Waals surface area contributed by atoms with E-state index < -0.39 is 5.66 Å². The second kappa shape index (κ2) is 6.73. The molecule has 9 nitrogen and oxygen atoms in total. The molecular formula is C17H20ClN7O2. The molecule has 1 amide bonds. The number of rotatable bonds is 3. The molecule has 0 radical (unpaired) electrons. The standard InChI is InChI=1S/C17H20ClN7O2/c1-19-12-8-13(21-9-20-12)22-11-7-10(18)14-15(26)23-17(5-3-2-4-6-17)24-25(14)16(11)27/h7-9,24H,2-6H2,1H3,(H,23,26)(H2,19,20,21,22). The van der Waals surface area contributed by atoms with Crippen LogP contribution < -0.4 is 26.9 Å². The first-order valence-corrected chi connectivity index (χ1v) is 9.22. The number of aromatic nitrogens is 3. The Morgan fingerprint density at radius 2 is 1.89 bits per heavy atom. The predicted octanol–water partition coefficient (Wildman–Crippen LogP) is 2.02. The Labute approximate surface area is 160 Å². The molecule has 10 heteroatoms. The van der Waals surface area contributed by atoms with Crippen molar-refractivity contribution in [1.29, 1.82) is 0 Å². The highest BCUT2D eigenvalue weighted by molar-refractivity contribution is 6.34. The highest BCUT2D eigenvalue weighted by Gasteiger charge is 2.40. The lowest BCUT2D eigenvalue weighted by molar-refractivity contribution is 0.0834. The van der Waals surface area contributed by atoms with E-state index in [0.29, 0.717) is 11.6 Å². The molecule has 3 heterocycles. The van der Waals surface area contributed by atoms with Gasteiger partial charge in [-0.05, 0) is 31.7 Å². The van der Waals surface area contributed by atoms with Gasteiger partial charge in [0.2, 0.25) is 0 Å². The minimum absolute atomic E-state index is 0.113. The molecule has 4 rings (SSSR count). The summed E-state index contributed by atoms with van der Waals surface area (Å²) in [7, 11) is 1.74. The van der Waals surface area contributed by atoms with Gasteiger partial charge >= 0.3 is 0 Å². The lowest BCUT2D eigenvalue weighted by atomic mass is 9.88. The molecule has 142 valence electrons. The van der Waals surface area contributed by atoms with Crippen LogP contribution >= 0.6 is 11.6 Å². The van der Waals surface area contributed by atoms with Crippen molar-refractivity contribution in [2.75, 3.05) is 23.1 Å². The number of hydrogen-bond donors (Lipinski definition) is 4. The number of carbonyl (C=O) groups excluding carboxylic acids is 1. The SMILES string of the molecule is CNc1cc(Nc2cc(Cl)c3n(c2=O)NC2(CCCCC2)NC3=O)ncn1. The third-order valence-corrected chi connectivity index (χ3v) is 5.23. The highest BCUT2D eigenvalue weighted by Crippen LogP contribution is 2.31. The van der Waals surface area contributed by atoms with Crippen LogP contribution in [-0.4, -0.2) is 33.3 Å². The highest BCUT2D eigenvalue weighted by atomic mass is 35.5. The second-order valence-corrected chi connectivity index (χ2v) is 7.17. The molecule has 0 unspecified atom stereocenters. The lowest BCUT2D eigenvalue weighted by Gasteiger charge is -2.43. The van der Waals surface area contributed by atoms with Crippen LogP contribution in [-0.2, 0) is 0 Å². The number of nitrogens with one attached hydrogen (secondary N) is 4. The van der Waals surface area contributed by atoms with Crippen molar-refractivity contribution >= 4 is 34.8 Å². The average molecular weight is 390 g/mol. The monoisotopic (exact) mass is 389 g/mol. The molecule has 0 saturated heterocycles. The van der Waals surface area contributed by atoms with Crippen molar-refractivity contribution in [3.8, 4) is 0 Å². The van der Waals surface area contributed by atoms with Crippen molar-refractivity contribution in [2.45, 2.75) is 37.8 Å². The van der Waals surface area contributed by atoms with Crippen molar-refractivity contribution in [1.82, 2.24) is 20.0 Å². The Hall–Kier alpha value is -2.81. The second-order valence-electron chi connectivity index (χ2n) is 6.77. The van der Waals surface area contributed by atoms with Crippen molar-refractivity contribution in [3.63, 3.8) is 0 Å². The lowest BCUT2D eigenvalue weighted by Crippen LogP contribution is -2.64. The Kier molecular flexibility index (Phi) is 4.39. The summed E-state index contributed by atoms with van der Waals surface area (Å²) in [5.74, 6) is 0.704. The van der Waals surface area contributed by atoms with Crippen LogP contribution in [0.1, 0.15) is 42.6 Å². The summed E-state index contributed by atoms with van der Waals surface area (Å²) in [5.41, 5.74) is 2.54. The first kappa shape index (κ1) is 17.6. The summed E-state index contributed by atoms with van der Waals surface area (Å²) in [6, 6.07) is 3.11. The molecule has 0 bridgehead atoms. The van der Waals surface area contributed by atoms with Gasteiger partial charge in [0, 0.05) is 13.1 Å². The first-order chi connectivity index (χ1) is 13.0. The largest absolute Gasteiger partial charge is 0.373 e. The number of pyridine rings is 1. The molecule has 1 aliphatic carbocycles. The van der Waals surface area contributed by atoms with Crippen LogP contribution in [0.2, 0.25) is 5.02 Å². The topological polar surface area (TPSA) is 113 Å². The Morgan fingerprint density at radius 3 is 2.63 bits per heavy atom. The van der Waals surface area contributed by atoms with Crippen LogP contribution in [0.5, 0.6) is 0 Å². The van der Waals surface area contributed by atoms with Crippen LogP contribution in [0.3, 0.4) is 0 Å². The Morgan fingerprint density at radius 1 is 1.15 bits per heavy atom. The molecule has 27 heavy (non-hydrogen) atoms. The number of fused-ring (bicyclic) bond motifs is 1. The summed E-state index contributed by atoms with van der Waals surface area (Å²) in [5, 5.41) is 9.04. The smallest absolute Gasteiger partial charge is 0.293 e. The fourth-order valence-corrected chi connectivity index (χ4v) is 3.88. The van der Waals surface area contributed by atoms with Gasteiger partial charge in [0.1, 0.15) is 35.0 Å². The molecule has 4 N–H and O–H groups in total. The molecule has 0 aromatic carbocycles. The number of anilines is 3. The third kappa shape index (κ3) is 3.18. The van der Waals surface area contributed by atoms with Gasteiger partial charge in [0.05, 0.1) is 5.02 Å². The first-order valence-electron chi connectivity index (χ1n) is 8.84. The summed E-state index contributed by atoms with van der Waals surface area (Å²) in [4.78, 5) is 33.8. The normalized spacial score (nSPS) is 17.6. The van der Waals surface area contributed by atoms with Crippen LogP contribution in [0.25, 0.3) is 0 Å². The number of halogens is 1. The van der Waals surface area contributed by atoms with Gasteiger partial charge in [0.25, 0.3) is 11.5 Å². The van der Waals surface area contributed by atoms with Crippen molar-refractivity contribution < 1.29 is 4.79 Å². The molecule has 1 saturated carbocycles. The van der Waals surface area contributed by atoms with Crippen molar-refractivity contribution in [2.24, 2.45) is 0 Å². The van der Waals surface area contributed by atoms with E-state index >= 15 is 0 Å². The van der Waals surface area contributed by atoms with Crippen LogP contribution in [0.15, 0.2) is 23.3 Å². The van der Waals surface area contributed by atoms with E-state index in [-0.39, 0.29) is 27.9 Å². The van der Waals surface area contributed by atoms with E-state index in [9.17, 15) is 9.59 Å². The maximum absolute atomic E-state index is 13.0. The maximum atomic E-state index is 13.0. The summed E-state index contributed by atoms with van der Waals surface area (Å²) >= 11 is 6.32. The van der Waals surface area contributed by atoms with E-state index in [1.807, 2.05) is 0 Å². The summed E-state index contributed by atoms with van der Waals surface area (Å²) < 4.78 is 1.26. The number of nitrogens with zero attached hydrogens (tertiary/aromatic N) is 3. The van der Waals surface area contributed by atoms with Gasteiger partial charge in [-0.1, -0.05) is 18.0 Å². The van der Waals surface area contributed by atoms with Gasteiger partial charge in [-0.15, -0.1) is 0 Å². The minimum Gasteiger partial charge on any atom is -0.373 e. The molecule has 1 spiro atoms. The van der Waals surface area contributed by atoms with Crippen LogP contribution in [0.4, 0.5) is 17.3 Å². The van der Waals surface area contributed by atoms with E-state index in [2.05, 4.69) is 31.3 Å². The molecule has 1 fully saturated rings. The fraction of sp³-hybridized carbons (Fsp3) is 0.412. The Balaban J connectivity index is 1.74. The predicted molar refractivity (Wildman–Crippen MR) is 103 cm³/mol. The van der Waals surface area contributed by atoms with Gasteiger partial charge in [-0.2, -0.15) is 0 Å². The molecule has 2 aromatic heterocycles. The molecular weight excluding hydrogens is 370 g/mol. The number of carbonyl (C=O) groups is 1. The molecule has 2 aromatic rings. The minimum atomic E-state index is -0.609. The van der Waals surface area contributed by atoms with E-state index in [4.69, 9.17) is 11.6 Å². The summed E-state index contributed by atoms with van der Waals surface area (Å²) in [6.07, 6.45) is 5.99. The van der Waals surface area contributed by atoms with E-state index in [0.717, 1.165) is 32.1 Å².